The van der Waals surface area contributed by atoms with Crippen LogP contribution in [0.1, 0.15) is 12.8 Å². The van der Waals surface area contributed by atoms with Gasteiger partial charge in [0.25, 0.3) is 0 Å². The molecule has 0 heterocycles. The second-order valence-corrected chi connectivity index (χ2v) is 5.44. The number of hydrogen-bond donors (Lipinski definition) is 2. The molecule has 0 saturated carbocycles. The maximum atomic E-state index is 8.54. The van der Waals surface area contributed by atoms with Crippen molar-refractivity contribution in [3.63, 3.8) is 0 Å². The first-order valence-corrected chi connectivity index (χ1v) is 7.67. The lowest BCUT2D eigenvalue weighted by molar-refractivity contribution is 0.137. The molecule has 0 aromatic heterocycles. The van der Waals surface area contributed by atoms with Crippen molar-refractivity contribution in [3.8, 4) is 0 Å². The Bertz CT molecular complexity index is 103. The van der Waals surface area contributed by atoms with E-state index >= 15 is 0 Å². The smallest absolute Gasteiger partial charge is 0.0521 e. The highest BCUT2D eigenvalue weighted by Crippen LogP contribution is 2.03. The Kier molecular flexibility index (Phi) is 15.1. The highest BCUT2D eigenvalue weighted by molar-refractivity contribution is 7.99. The fourth-order valence-corrected chi connectivity index (χ4v) is 2.27. The Labute approximate surface area is 101 Å². The van der Waals surface area contributed by atoms with Gasteiger partial charge in [0.2, 0.25) is 0 Å². The molecular weight excluding hydrogens is 232 g/mol. The number of rotatable bonds is 12. The number of thioether (sulfide) groups is 2. The van der Waals surface area contributed by atoms with Crippen LogP contribution in [0.15, 0.2) is 0 Å². The van der Waals surface area contributed by atoms with Crippen LogP contribution in [0.5, 0.6) is 0 Å². The van der Waals surface area contributed by atoms with Gasteiger partial charge in [-0.05, 0) is 24.3 Å². The summed E-state index contributed by atoms with van der Waals surface area (Å²) in [5.74, 6) is 3.80. The molecule has 0 rings (SSSR count). The number of aliphatic hydroxyl groups is 2. The largest absolute Gasteiger partial charge is 0.396 e. The topological polar surface area (TPSA) is 49.7 Å². The molecule has 0 saturated heterocycles. The maximum absolute atomic E-state index is 8.54. The molecule has 0 aliphatic rings. The Balaban J connectivity index is 2.81. The van der Waals surface area contributed by atoms with Gasteiger partial charge in [-0.1, -0.05) is 0 Å². The van der Waals surface area contributed by atoms with Gasteiger partial charge in [-0.15, -0.1) is 0 Å². The van der Waals surface area contributed by atoms with Crippen LogP contribution in [0.4, 0.5) is 0 Å². The van der Waals surface area contributed by atoms with E-state index in [1.165, 1.54) is 0 Å². The summed E-state index contributed by atoms with van der Waals surface area (Å²) in [6.07, 6.45) is 2.13. The molecule has 0 unspecified atom stereocenters. The average Bonchev–Trinajstić information content (AvgIpc) is 2.26. The molecular formula is C10H22O3S2. The molecule has 5 heteroatoms. The number of aliphatic hydroxyl groups excluding tert-OH is 2. The number of hydrogen-bond acceptors (Lipinski definition) is 5. The lowest BCUT2D eigenvalue weighted by Gasteiger charge is -2.03. The van der Waals surface area contributed by atoms with Crippen molar-refractivity contribution in [2.24, 2.45) is 0 Å². The zero-order chi connectivity index (χ0) is 11.2. The van der Waals surface area contributed by atoms with Crippen molar-refractivity contribution in [2.45, 2.75) is 12.8 Å². The van der Waals surface area contributed by atoms with E-state index in [1.807, 2.05) is 0 Å². The van der Waals surface area contributed by atoms with Crippen LogP contribution in [0.3, 0.4) is 0 Å². The summed E-state index contributed by atoms with van der Waals surface area (Å²) in [4.78, 5) is 0. The Morgan fingerprint density at radius 1 is 0.733 bits per heavy atom. The minimum atomic E-state index is 0.271. The first-order chi connectivity index (χ1) is 7.41. The van der Waals surface area contributed by atoms with Gasteiger partial charge < -0.3 is 14.9 Å². The van der Waals surface area contributed by atoms with Gasteiger partial charge in [-0.25, -0.2) is 0 Å². The standard InChI is InChI=1S/C10H22O3S2/c11-3-9-14-7-1-5-13-6-2-8-15-10-4-12/h11-12H,1-10H2. The lowest BCUT2D eigenvalue weighted by Crippen LogP contribution is -2.00. The molecule has 2 N–H and O–H groups in total. The summed E-state index contributed by atoms with van der Waals surface area (Å²) in [6.45, 7) is 2.19. The summed E-state index contributed by atoms with van der Waals surface area (Å²) in [6, 6.07) is 0. The Hall–Kier alpha value is 0.580. The minimum absolute atomic E-state index is 0.271. The van der Waals surface area contributed by atoms with Crippen molar-refractivity contribution in [2.75, 3.05) is 49.4 Å². The zero-order valence-corrected chi connectivity index (χ0v) is 10.8. The summed E-state index contributed by atoms with van der Waals surface area (Å²) in [5.41, 5.74) is 0. The van der Waals surface area contributed by atoms with Crippen molar-refractivity contribution in [3.05, 3.63) is 0 Å². The van der Waals surface area contributed by atoms with Crippen LogP contribution in [0, 0.1) is 0 Å². The third-order valence-corrected chi connectivity index (χ3v) is 3.72. The Morgan fingerprint density at radius 2 is 1.20 bits per heavy atom. The van der Waals surface area contributed by atoms with Gasteiger partial charge in [-0.2, -0.15) is 23.5 Å². The van der Waals surface area contributed by atoms with E-state index in [9.17, 15) is 0 Å². The van der Waals surface area contributed by atoms with Crippen molar-refractivity contribution >= 4 is 23.5 Å². The molecule has 15 heavy (non-hydrogen) atoms. The molecule has 0 radical (unpaired) electrons. The van der Waals surface area contributed by atoms with Gasteiger partial charge in [0.15, 0.2) is 0 Å². The van der Waals surface area contributed by atoms with E-state index in [0.29, 0.717) is 0 Å². The van der Waals surface area contributed by atoms with Crippen LogP contribution < -0.4 is 0 Å². The normalized spacial score (nSPS) is 10.8. The molecule has 0 amide bonds. The van der Waals surface area contributed by atoms with Gasteiger partial charge in [0.05, 0.1) is 13.2 Å². The highest BCUT2D eigenvalue weighted by Gasteiger charge is 1.92. The average molecular weight is 254 g/mol. The second-order valence-electron chi connectivity index (χ2n) is 2.99. The first-order valence-electron chi connectivity index (χ1n) is 5.36. The molecule has 0 bridgehead atoms. The predicted octanol–water partition coefficient (Wildman–Crippen LogP) is 1.23. The highest BCUT2D eigenvalue weighted by atomic mass is 32.2. The molecule has 0 aromatic carbocycles. The van der Waals surface area contributed by atoms with Gasteiger partial charge >= 0.3 is 0 Å². The summed E-state index contributed by atoms with van der Waals surface area (Å²) in [5, 5.41) is 17.1. The quantitative estimate of drug-likeness (QED) is 0.513. The van der Waals surface area contributed by atoms with E-state index < -0.39 is 0 Å². The lowest BCUT2D eigenvalue weighted by atomic mass is 10.5. The van der Waals surface area contributed by atoms with Gasteiger partial charge in [0, 0.05) is 24.7 Å². The third-order valence-electron chi connectivity index (χ3n) is 1.63. The molecule has 0 aliphatic carbocycles. The molecule has 0 spiro atoms. The fraction of sp³-hybridized carbons (Fsp3) is 1.00. The molecule has 0 aromatic rings. The van der Waals surface area contributed by atoms with Crippen molar-refractivity contribution in [1.29, 1.82) is 0 Å². The zero-order valence-electron chi connectivity index (χ0n) is 9.19. The first kappa shape index (κ1) is 15.6. The predicted molar refractivity (Wildman–Crippen MR) is 68.9 cm³/mol. The molecule has 0 fully saturated rings. The molecule has 92 valence electrons. The fourth-order valence-electron chi connectivity index (χ4n) is 0.961. The summed E-state index contributed by atoms with van der Waals surface area (Å²) >= 11 is 3.53. The van der Waals surface area contributed by atoms with E-state index in [4.69, 9.17) is 14.9 Å². The van der Waals surface area contributed by atoms with Gasteiger partial charge in [-0.3, -0.25) is 0 Å². The van der Waals surface area contributed by atoms with Crippen molar-refractivity contribution < 1.29 is 14.9 Å². The molecule has 0 aliphatic heterocycles. The number of ether oxygens (including phenoxy) is 1. The van der Waals surface area contributed by atoms with E-state index in [2.05, 4.69) is 0 Å². The Morgan fingerprint density at radius 3 is 1.60 bits per heavy atom. The van der Waals surface area contributed by atoms with Crippen LogP contribution in [-0.2, 0) is 4.74 Å². The van der Waals surface area contributed by atoms with Crippen LogP contribution in [0.2, 0.25) is 0 Å². The van der Waals surface area contributed by atoms with E-state index in [0.717, 1.165) is 49.1 Å². The third kappa shape index (κ3) is 14.6. The van der Waals surface area contributed by atoms with Crippen LogP contribution >= 0.6 is 23.5 Å². The van der Waals surface area contributed by atoms with Gasteiger partial charge in [0.1, 0.15) is 0 Å². The molecule has 3 nitrogen and oxygen atoms in total. The SMILES string of the molecule is OCCSCCCOCCCSCCO. The second kappa shape index (κ2) is 14.6. The molecule has 0 atom stereocenters. The summed E-state index contributed by atoms with van der Waals surface area (Å²) < 4.78 is 5.44. The van der Waals surface area contributed by atoms with E-state index in [1.54, 1.807) is 23.5 Å². The van der Waals surface area contributed by atoms with Crippen LogP contribution in [0.25, 0.3) is 0 Å². The van der Waals surface area contributed by atoms with Crippen molar-refractivity contribution in [1.82, 2.24) is 0 Å². The summed E-state index contributed by atoms with van der Waals surface area (Å²) in [7, 11) is 0. The maximum Gasteiger partial charge on any atom is 0.0521 e. The van der Waals surface area contributed by atoms with Crippen LogP contribution in [-0.4, -0.2) is 59.7 Å². The van der Waals surface area contributed by atoms with E-state index in [-0.39, 0.29) is 13.2 Å². The monoisotopic (exact) mass is 254 g/mol. The minimum Gasteiger partial charge on any atom is -0.396 e.